The zero-order chi connectivity index (χ0) is 15.5. The van der Waals surface area contributed by atoms with Crippen LogP contribution in [-0.2, 0) is 14.8 Å². The Bertz CT molecular complexity index is 460. The molecule has 0 aromatic carbocycles. The smallest absolute Gasteiger partial charge is 0.236 e. The van der Waals surface area contributed by atoms with Crippen LogP contribution in [0, 0.1) is 5.92 Å². The molecule has 1 N–H and O–H groups in total. The van der Waals surface area contributed by atoms with Crippen molar-refractivity contribution in [2.45, 2.75) is 12.8 Å². The summed E-state index contributed by atoms with van der Waals surface area (Å²) in [4.78, 5) is 16.1. The quantitative estimate of drug-likeness (QED) is 0.688. The minimum Gasteiger partial charge on any atom is -0.396 e. The van der Waals surface area contributed by atoms with Crippen LogP contribution in [0.4, 0.5) is 0 Å². The lowest BCUT2D eigenvalue weighted by Gasteiger charge is -2.34. The Labute approximate surface area is 126 Å². The number of hydrogen-bond acceptors (Lipinski definition) is 5. The van der Waals surface area contributed by atoms with E-state index in [-0.39, 0.29) is 12.5 Å². The maximum absolute atomic E-state index is 12.2. The van der Waals surface area contributed by atoms with Crippen molar-refractivity contribution in [2.24, 2.45) is 5.92 Å². The highest BCUT2D eigenvalue weighted by Crippen LogP contribution is 2.19. The highest BCUT2D eigenvalue weighted by atomic mass is 32.2. The number of piperazine rings is 1. The van der Waals surface area contributed by atoms with Crippen molar-refractivity contribution >= 4 is 15.9 Å². The van der Waals surface area contributed by atoms with E-state index in [2.05, 4.69) is 4.90 Å². The predicted octanol–water partition coefficient (Wildman–Crippen LogP) is -1.21. The Kier molecular flexibility index (Phi) is 5.59. The lowest BCUT2D eigenvalue weighted by atomic mass is 10.1. The van der Waals surface area contributed by atoms with Crippen molar-refractivity contribution in [1.29, 1.82) is 0 Å². The van der Waals surface area contributed by atoms with Crippen LogP contribution in [0.15, 0.2) is 0 Å². The van der Waals surface area contributed by atoms with E-state index in [1.54, 1.807) is 4.90 Å². The summed E-state index contributed by atoms with van der Waals surface area (Å²) in [5, 5.41) is 8.94. The van der Waals surface area contributed by atoms with E-state index in [1.807, 2.05) is 0 Å². The first kappa shape index (κ1) is 16.7. The number of sulfonamides is 1. The van der Waals surface area contributed by atoms with Gasteiger partial charge < -0.3 is 10.0 Å². The van der Waals surface area contributed by atoms with E-state index in [4.69, 9.17) is 5.11 Å². The molecule has 2 aliphatic heterocycles. The van der Waals surface area contributed by atoms with Gasteiger partial charge in [-0.25, -0.2) is 8.42 Å². The maximum Gasteiger partial charge on any atom is 0.236 e. The van der Waals surface area contributed by atoms with Crippen LogP contribution in [0.25, 0.3) is 0 Å². The average Bonchev–Trinajstić information content (AvgIpc) is 2.86. The number of carbonyl (C=O) groups excluding carboxylic acids is 1. The molecule has 2 fully saturated rings. The van der Waals surface area contributed by atoms with E-state index in [1.165, 1.54) is 10.6 Å². The lowest BCUT2D eigenvalue weighted by Crippen LogP contribution is -2.52. The van der Waals surface area contributed by atoms with E-state index < -0.39 is 10.0 Å². The number of amides is 1. The van der Waals surface area contributed by atoms with Crippen molar-refractivity contribution < 1.29 is 18.3 Å². The molecule has 0 aromatic rings. The normalized spacial score (nSPS) is 25.4. The molecule has 0 aromatic heterocycles. The Morgan fingerprint density at radius 1 is 1.19 bits per heavy atom. The van der Waals surface area contributed by atoms with Gasteiger partial charge in [0.15, 0.2) is 0 Å². The van der Waals surface area contributed by atoms with E-state index in [9.17, 15) is 13.2 Å². The predicted molar refractivity (Wildman–Crippen MR) is 79.2 cm³/mol. The van der Waals surface area contributed by atoms with E-state index in [0.29, 0.717) is 38.6 Å². The van der Waals surface area contributed by atoms with Gasteiger partial charge in [0.1, 0.15) is 0 Å². The minimum atomic E-state index is -3.15. The molecular formula is C13H25N3O4S. The standard InChI is InChI=1S/C13H25N3O4S/c1-21(19,20)16-7-5-15(6-8-16)13(18)11-14-4-2-12(10-14)3-9-17/h12,17H,2-11H2,1H3. The number of aliphatic hydroxyl groups excluding tert-OH is 1. The maximum atomic E-state index is 12.2. The van der Waals surface area contributed by atoms with Gasteiger partial charge in [-0.2, -0.15) is 4.31 Å². The first-order valence-corrected chi connectivity index (χ1v) is 9.31. The molecule has 0 saturated carbocycles. The second kappa shape index (κ2) is 7.04. The minimum absolute atomic E-state index is 0.0767. The number of likely N-dealkylation sites (tertiary alicyclic amines) is 1. The van der Waals surface area contributed by atoms with Crippen molar-refractivity contribution in [3.63, 3.8) is 0 Å². The third kappa shape index (κ3) is 4.64. The highest BCUT2D eigenvalue weighted by molar-refractivity contribution is 7.88. The molecule has 2 saturated heterocycles. The van der Waals surface area contributed by atoms with Gasteiger partial charge in [-0.15, -0.1) is 0 Å². The Balaban J connectivity index is 1.75. The summed E-state index contributed by atoms with van der Waals surface area (Å²) in [5.74, 6) is 0.567. The van der Waals surface area contributed by atoms with Gasteiger partial charge in [0.2, 0.25) is 15.9 Å². The van der Waals surface area contributed by atoms with E-state index in [0.717, 1.165) is 25.9 Å². The summed E-state index contributed by atoms with van der Waals surface area (Å²) in [5.41, 5.74) is 0. The van der Waals surface area contributed by atoms with Gasteiger partial charge >= 0.3 is 0 Å². The molecule has 8 heteroatoms. The average molecular weight is 319 g/mol. The number of hydrogen-bond donors (Lipinski definition) is 1. The Morgan fingerprint density at radius 2 is 1.86 bits per heavy atom. The van der Waals surface area contributed by atoms with Crippen LogP contribution >= 0.6 is 0 Å². The van der Waals surface area contributed by atoms with Crippen LogP contribution in [0.1, 0.15) is 12.8 Å². The van der Waals surface area contributed by atoms with Crippen molar-refractivity contribution in [2.75, 3.05) is 58.7 Å². The molecule has 0 aliphatic carbocycles. The summed E-state index contributed by atoms with van der Waals surface area (Å²) >= 11 is 0. The van der Waals surface area contributed by atoms with Crippen molar-refractivity contribution in [3.8, 4) is 0 Å². The molecule has 2 heterocycles. The molecule has 0 spiro atoms. The van der Waals surface area contributed by atoms with Crippen LogP contribution in [0.5, 0.6) is 0 Å². The molecule has 2 rings (SSSR count). The third-order valence-electron chi connectivity index (χ3n) is 4.33. The molecule has 122 valence electrons. The second-order valence-electron chi connectivity index (χ2n) is 5.94. The largest absolute Gasteiger partial charge is 0.396 e. The highest BCUT2D eigenvalue weighted by Gasteiger charge is 2.29. The summed E-state index contributed by atoms with van der Waals surface area (Å²) in [7, 11) is -3.15. The van der Waals surface area contributed by atoms with Crippen LogP contribution in [0.2, 0.25) is 0 Å². The molecule has 0 bridgehead atoms. The topological polar surface area (TPSA) is 81.2 Å². The van der Waals surface area contributed by atoms with Crippen LogP contribution in [0.3, 0.4) is 0 Å². The van der Waals surface area contributed by atoms with Crippen LogP contribution < -0.4 is 0 Å². The van der Waals surface area contributed by atoms with Gasteiger partial charge in [0.25, 0.3) is 0 Å². The van der Waals surface area contributed by atoms with Gasteiger partial charge in [0, 0.05) is 39.3 Å². The molecule has 1 amide bonds. The third-order valence-corrected chi connectivity index (χ3v) is 5.63. The zero-order valence-corrected chi connectivity index (χ0v) is 13.4. The van der Waals surface area contributed by atoms with E-state index >= 15 is 0 Å². The molecule has 7 nitrogen and oxygen atoms in total. The first-order valence-electron chi connectivity index (χ1n) is 7.46. The molecule has 21 heavy (non-hydrogen) atoms. The van der Waals surface area contributed by atoms with Gasteiger partial charge in [-0.1, -0.05) is 0 Å². The molecule has 2 aliphatic rings. The first-order chi connectivity index (χ1) is 9.90. The fourth-order valence-corrected chi connectivity index (χ4v) is 3.86. The van der Waals surface area contributed by atoms with Crippen molar-refractivity contribution in [1.82, 2.24) is 14.1 Å². The molecular weight excluding hydrogens is 294 g/mol. The lowest BCUT2D eigenvalue weighted by molar-refractivity contribution is -0.133. The van der Waals surface area contributed by atoms with Gasteiger partial charge in [-0.3, -0.25) is 9.69 Å². The number of rotatable bonds is 5. The SMILES string of the molecule is CS(=O)(=O)N1CCN(C(=O)CN2CCC(CCO)C2)CC1. The summed E-state index contributed by atoms with van der Waals surface area (Å²) in [6.07, 6.45) is 3.05. The number of nitrogens with zero attached hydrogens (tertiary/aromatic N) is 3. The summed E-state index contributed by atoms with van der Waals surface area (Å²) in [6.45, 7) is 4.10. The monoisotopic (exact) mass is 319 g/mol. The number of carbonyl (C=O) groups is 1. The zero-order valence-electron chi connectivity index (χ0n) is 12.6. The van der Waals surface area contributed by atoms with Crippen molar-refractivity contribution in [3.05, 3.63) is 0 Å². The second-order valence-corrected chi connectivity index (χ2v) is 7.93. The Hall–Kier alpha value is -0.700. The molecule has 0 radical (unpaired) electrons. The summed E-state index contributed by atoms with van der Waals surface area (Å²) in [6, 6.07) is 0. The Morgan fingerprint density at radius 3 is 2.43 bits per heavy atom. The van der Waals surface area contributed by atoms with Gasteiger partial charge in [0.05, 0.1) is 12.8 Å². The molecule has 1 unspecified atom stereocenters. The fourth-order valence-electron chi connectivity index (χ4n) is 3.04. The van der Waals surface area contributed by atoms with Gasteiger partial charge in [-0.05, 0) is 25.3 Å². The fraction of sp³-hybridized carbons (Fsp3) is 0.923. The molecule has 1 atom stereocenters. The number of aliphatic hydroxyl groups is 1. The summed E-state index contributed by atoms with van der Waals surface area (Å²) < 4.78 is 24.3. The van der Waals surface area contributed by atoms with Crippen LogP contribution in [-0.4, -0.2) is 92.2 Å².